The molecule has 2 heterocycles. The first-order valence-corrected chi connectivity index (χ1v) is 8.75. The number of aromatic amines is 1. The zero-order valence-electron chi connectivity index (χ0n) is 15.9. The summed E-state index contributed by atoms with van der Waals surface area (Å²) in [4.78, 5) is 12.1. The summed E-state index contributed by atoms with van der Waals surface area (Å²) in [7, 11) is 1.90. The molecule has 0 radical (unpaired) electrons. The van der Waals surface area contributed by atoms with Crippen molar-refractivity contribution in [2.45, 2.75) is 40.5 Å². The summed E-state index contributed by atoms with van der Waals surface area (Å²) in [6, 6.07) is 0. The van der Waals surface area contributed by atoms with E-state index in [2.05, 4.69) is 55.8 Å². The van der Waals surface area contributed by atoms with E-state index < -0.39 is 0 Å². The average molecular weight is 336 g/mol. The second kappa shape index (κ2) is 8.47. The highest BCUT2D eigenvalue weighted by atomic mass is 14.8. The Labute approximate surface area is 150 Å². The molecule has 0 fully saturated rings. The average Bonchev–Trinajstić information content (AvgIpc) is 3.07. The zero-order chi connectivity index (χ0) is 18.4. The molecule has 0 spiro atoms. The third-order valence-electron chi connectivity index (χ3n) is 4.58. The topological polar surface area (TPSA) is 52.5 Å². The Morgan fingerprint density at radius 2 is 1.92 bits per heavy atom. The molecule has 0 saturated carbocycles. The van der Waals surface area contributed by atoms with Crippen molar-refractivity contribution in [1.82, 2.24) is 10.3 Å². The maximum atomic E-state index is 4.84. The molecule has 1 aliphatic heterocycles. The van der Waals surface area contributed by atoms with Gasteiger partial charge in [-0.05, 0) is 80.1 Å². The fourth-order valence-corrected chi connectivity index (χ4v) is 3.20. The molecule has 4 heteroatoms. The molecule has 0 aromatic carbocycles. The molecule has 0 saturated heterocycles. The van der Waals surface area contributed by atoms with Gasteiger partial charge in [0.25, 0.3) is 0 Å². The van der Waals surface area contributed by atoms with Gasteiger partial charge in [-0.3, -0.25) is 4.99 Å². The number of rotatable bonds is 7. The Morgan fingerprint density at radius 3 is 2.52 bits per heavy atom. The van der Waals surface area contributed by atoms with E-state index in [1.54, 1.807) is 6.20 Å². The van der Waals surface area contributed by atoms with Crippen molar-refractivity contribution in [3.8, 4) is 0 Å². The molecule has 4 nitrogen and oxygen atoms in total. The lowest BCUT2D eigenvalue weighted by Gasteiger charge is -2.01. The van der Waals surface area contributed by atoms with E-state index in [9.17, 15) is 0 Å². The molecule has 0 aliphatic carbocycles. The number of aliphatic imine (C=N–C) groups is 2. The number of hydrogen-bond donors (Lipinski definition) is 2. The molecular weight excluding hydrogens is 308 g/mol. The van der Waals surface area contributed by atoms with Gasteiger partial charge in [-0.15, -0.1) is 0 Å². The second-order valence-electron chi connectivity index (χ2n) is 6.01. The summed E-state index contributed by atoms with van der Waals surface area (Å²) in [5.74, 6) is 0. The third-order valence-corrected chi connectivity index (χ3v) is 4.58. The molecular formula is C21H28N4. The van der Waals surface area contributed by atoms with Crippen LogP contribution in [0.15, 0.2) is 45.3 Å². The van der Waals surface area contributed by atoms with Gasteiger partial charge in [0.15, 0.2) is 0 Å². The van der Waals surface area contributed by atoms with Gasteiger partial charge < -0.3 is 10.3 Å². The van der Waals surface area contributed by atoms with Crippen LogP contribution < -0.4 is 5.32 Å². The Kier molecular flexibility index (Phi) is 6.34. The summed E-state index contributed by atoms with van der Waals surface area (Å²) < 4.78 is 0. The minimum absolute atomic E-state index is 0.969. The van der Waals surface area contributed by atoms with Crippen LogP contribution in [0.25, 0.3) is 12.2 Å². The van der Waals surface area contributed by atoms with E-state index in [1.165, 1.54) is 22.3 Å². The van der Waals surface area contributed by atoms with E-state index in [1.807, 2.05) is 25.4 Å². The van der Waals surface area contributed by atoms with Crippen molar-refractivity contribution in [3.63, 3.8) is 0 Å². The molecule has 1 aromatic rings. The van der Waals surface area contributed by atoms with E-state index >= 15 is 0 Å². The standard InChI is InChI=1S/C21H28N4/c1-7-16-15(4)20(25-19(16)10-12-23-6)13-21-17(8-2)14(3)18(24-21)9-11-22-5/h9-13,23-24H,5,7-8H2,1-4,6H3/b11-9-,12-10-,20-13-. The maximum Gasteiger partial charge on any atom is 0.0690 e. The Balaban J connectivity index is 2.51. The van der Waals surface area contributed by atoms with E-state index in [0.717, 1.165) is 35.6 Å². The first-order valence-electron chi connectivity index (χ1n) is 8.75. The first kappa shape index (κ1) is 18.7. The summed E-state index contributed by atoms with van der Waals surface area (Å²) in [6.45, 7) is 12.1. The second-order valence-corrected chi connectivity index (χ2v) is 6.01. The van der Waals surface area contributed by atoms with Gasteiger partial charge in [-0.25, -0.2) is 4.99 Å². The van der Waals surface area contributed by atoms with Crippen LogP contribution in [0.3, 0.4) is 0 Å². The largest absolute Gasteiger partial charge is 0.394 e. The molecule has 0 bridgehead atoms. The van der Waals surface area contributed by atoms with E-state index in [4.69, 9.17) is 4.99 Å². The predicted octanol–water partition coefficient (Wildman–Crippen LogP) is 4.81. The number of aromatic nitrogens is 1. The van der Waals surface area contributed by atoms with Gasteiger partial charge in [-0.2, -0.15) is 0 Å². The van der Waals surface area contributed by atoms with Gasteiger partial charge in [0, 0.05) is 24.6 Å². The SMILES string of the molecule is C=N/C=C\c1[nH]c(/C=C2N=C(/C=C\NC)C(CC)=C\2C)c(CC)c1C. The van der Waals surface area contributed by atoms with Crippen LogP contribution in [0.1, 0.15) is 49.7 Å². The lowest BCUT2D eigenvalue weighted by atomic mass is 10.0. The molecule has 1 aliphatic rings. The van der Waals surface area contributed by atoms with E-state index in [0.29, 0.717) is 0 Å². The van der Waals surface area contributed by atoms with Crippen LogP contribution in [0.2, 0.25) is 0 Å². The quantitative estimate of drug-likeness (QED) is 0.690. The van der Waals surface area contributed by atoms with Gasteiger partial charge >= 0.3 is 0 Å². The summed E-state index contributed by atoms with van der Waals surface area (Å²) in [5, 5.41) is 3.04. The van der Waals surface area contributed by atoms with Crippen LogP contribution in [0.4, 0.5) is 0 Å². The van der Waals surface area contributed by atoms with Gasteiger partial charge in [0.2, 0.25) is 0 Å². The highest BCUT2D eigenvalue weighted by molar-refractivity contribution is 6.12. The minimum atomic E-state index is 0.969. The highest BCUT2D eigenvalue weighted by Gasteiger charge is 2.19. The molecule has 0 unspecified atom stereocenters. The van der Waals surface area contributed by atoms with Crippen LogP contribution in [0, 0.1) is 6.92 Å². The normalized spacial score (nSPS) is 16.5. The maximum absolute atomic E-state index is 4.84. The molecule has 1 aromatic heterocycles. The zero-order valence-corrected chi connectivity index (χ0v) is 15.9. The Hall–Kier alpha value is -2.62. The van der Waals surface area contributed by atoms with Crippen molar-refractivity contribution in [2.24, 2.45) is 9.98 Å². The van der Waals surface area contributed by atoms with Crippen LogP contribution in [0.5, 0.6) is 0 Å². The fourth-order valence-electron chi connectivity index (χ4n) is 3.20. The molecule has 0 amide bonds. The summed E-state index contributed by atoms with van der Waals surface area (Å²) in [6.07, 6.45) is 11.7. The van der Waals surface area contributed by atoms with Crippen LogP contribution >= 0.6 is 0 Å². The fraction of sp³-hybridized carbons (Fsp3) is 0.333. The van der Waals surface area contributed by atoms with Crippen LogP contribution in [-0.2, 0) is 6.42 Å². The number of hydrogen-bond acceptors (Lipinski definition) is 3. The molecule has 2 N–H and O–H groups in total. The van der Waals surface area contributed by atoms with E-state index in [-0.39, 0.29) is 0 Å². The van der Waals surface area contributed by atoms with Gasteiger partial charge in [0.05, 0.1) is 11.4 Å². The minimum Gasteiger partial charge on any atom is -0.394 e. The van der Waals surface area contributed by atoms with Gasteiger partial charge in [-0.1, -0.05) is 13.8 Å². The van der Waals surface area contributed by atoms with Crippen LogP contribution in [-0.4, -0.2) is 24.5 Å². The predicted molar refractivity (Wildman–Crippen MR) is 110 cm³/mol. The summed E-state index contributed by atoms with van der Waals surface area (Å²) in [5.41, 5.74) is 9.38. The molecule has 132 valence electrons. The van der Waals surface area contributed by atoms with Crippen molar-refractivity contribution in [2.75, 3.05) is 7.05 Å². The Bertz CT molecular complexity index is 798. The lowest BCUT2D eigenvalue weighted by Crippen LogP contribution is -1.99. The number of nitrogens with zero attached hydrogens (tertiary/aromatic N) is 2. The van der Waals surface area contributed by atoms with Crippen molar-refractivity contribution in [1.29, 1.82) is 0 Å². The molecule has 0 atom stereocenters. The monoisotopic (exact) mass is 336 g/mol. The first-order chi connectivity index (χ1) is 12.1. The third kappa shape index (κ3) is 3.90. The molecule has 2 rings (SSSR count). The smallest absolute Gasteiger partial charge is 0.0690 e. The number of allylic oxidation sites excluding steroid dienone is 3. The summed E-state index contributed by atoms with van der Waals surface area (Å²) >= 11 is 0. The lowest BCUT2D eigenvalue weighted by molar-refractivity contribution is 1.10. The highest BCUT2D eigenvalue weighted by Crippen LogP contribution is 2.31. The van der Waals surface area contributed by atoms with Gasteiger partial charge in [0.1, 0.15) is 0 Å². The molecule has 25 heavy (non-hydrogen) atoms. The Morgan fingerprint density at radius 1 is 1.16 bits per heavy atom. The van der Waals surface area contributed by atoms with Crippen molar-refractivity contribution >= 4 is 24.6 Å². The van der Waals surface area contributed by atoms with Crippen molar-refractivity contribution < 1.29 is 0 Å². The number of H-pyrrole nitrogens is 1. The van der Waals surface area contributed by atoms with Crippen molar-refractivity contribution in [3.05, 3.63) is 57.8 Å². The number of nitrogens with one attached hydrogen (secondary N) is 2.